The van der Waals surface area contributed by atoms with Gasteiger partial charge in [-0.1, -0.05) is 55.1 Å². The van der Waals surface area contributed by atoms with Crippen LogP contribution in [0.25, 0.3) is 0 Å². The van der Waals surface area contributed by atoms with Crippen molar-refractivity contribution >= 4 is 6.09 Å². The fourth-order valence-electron chi connectivity index (χ4n) is 4.11. The minimum Gasteiger partial charge on any atom is -0.481 e. The van der Waals surface area contributed by atoms with Crippen molar-refractivity contribution in [1.82, 2.24) is 15.2 Å². The van der Waals surface area contributed by atoms with Gasteiger partial charge in [0.25, 0.3) is 0 Å². The number of hydrogen-bond donors (Lipinski definition) is 1. The Hall–Kier alpha value is -2.86. The van der Waals surface area contributed by atoms with Crippen molar-refractivity contribution in [2.45, 2.75) is 38.1 Å². The maximum absolute atomic E-state index is 12.5. The molecule has 0 radical (unpaired) electrons. The van der Waals surface area contributed by atoms with E-state index in [0.29, 0.717) is 11.9 Å². The number of benzene rings is 1. The Bertz CT molecular complexity index is 789. The minimum atomic E-state index is -0.210. The van der Waals surface area contributed by atoms with Gasteiger partial charge >= 0.3 is 6.09 Å². The zero-order valence-electron chi connectivity index (χ0n) is 19.0. The maximum Gasteiger partial charge on any atom is 0.410 e. The summed E-state index contributed by atoms with van der Waals surface area (Å²) in [5, 5.41) is 3.44. The molecule has 2 heterocycles. The largest absolute Gasteiger partial charge is 0.481 e. The average Bonchev–Trinajstić information content (AvgIpc) is 3.69. The van der Waals surface area contributed by atoms with Crippen LogP contribution in [0, 0.1) is 5.41 Å². The predicted octanol–water partition coefficient (Wildman–Crippen LogP) is 4.48. The van der Waals surface area contributed by atoms with Gasteiger partial charge in [0.15, 0.2) is 0 Å². The van der Waals surface area contributed by atoms with E-state index in [1.54, 1.807) is 13.2 Å². The summed E-state index contributed by atoms with van der Waals surface area (Å²) in [6.07, 6.45) is 8.42. The molecule has 1 aromatic heterocycles. The molecule has 32 heavy (non-hydrogen) atoms. The first kappa shape index (κ1) is 23.8. The molecule has 2 aliphatic rings. The molecule has 6 heteroatoms. The number of carbonyl (C=O) groups excluding carboxylic acids is 1. The molecular formula is C26H35N3O3. The van der Waals surface area contributed by atoms with Gasteiger partial charge in [-0.05, 0) is 56.2 Å². The molecule has 172 valence electrons. The number of pyridine rings is 1. The zero-order chi connectivity index (χ0) is 22.7. The van der Waals surface area contributed by atoms with Gasteiger partial charge in [0, 0.05) is 24.8 Å². The van der Waals surface area contributed by atoms with E-state index in [0.717, 1.165) is 51.7 Å². The number of aromatic nitrogens is 1. The number of nitrogens with zero attached hydrogens (tertiary/aromatic N) is 2. The number of amides is 1. The highest BCUT2D eigenvalue weighted by Gasteiger charge is 2.41. The van der Waals surface area contributed by atoms with Crippen LogP contribution in [0.4, 0.5) is 4.79 Å². The number of hydrogen-bond acceptors (Lipinski definition) is 5. The monoisotopic (exact) mass is 437 g/mol. The van der Waals surface area contributed by atoms with Crippen molar-refractivity contribution in [1.29, 1.82) is 0 Å². The number of carbonyl (C=O) groups is 1. The number of rotatable bonds is 8. The van der Waals surface area contributed by atoms with Crippen LogP contribution < -0.4 is 10.1 Å². The number of piperidine rings is 1. The predicted molar refractivity (Wildman–Crippen MR) is 127 cm³/mol. The smallest absolute Gasteiger partial charge is 0.410 e. The van der Waals surface area contributed by atoms with Gasteiger partial charge in [0.1, 0.15) is 6.61 Å². The molecular weight excluding hydrogens is 402 g/mol. The average molecular weight is 438 g/mol. The first-order chi connectivity index (χ1) is 15.7. The van der Waals surface area contributed by atoms with E-state index in [4.69, 9.17) is 9.47 Å². The molecule has 0 bridgehead atoms. The SMILES string of the molecule is C=CCOC(=O)N(CC1(Cc2ccc(OC)nc2)CCNCC1)C1CC1.c1ccccc1. The number of nitrogens with one attached hydrogen (secondary N) is 1. The highest BCUT2D eigenvalue weighted by atomic mass is 16.6. The lowest BCUT2D eigenvalue weighted by molar-refractivity contribution is 0.0713. The number of ether oxygens (including phenoxy) is 2. The molecule has 6 nitrogen and oxygen atoms in total. The standard InChI is InChI=1S/C20H29N3O3.C6H6/c1-3-12-26-19(24)23(17-5-6-17)15-20(8-10-21-11-9-20)13-16-4-7-18(25-2)22-14-16;1-2-4-6-5-3-1/h3-4,7,14,17,21H,1,5-6,8-13,15H2,2H3;1-6H. The summed E-state index contributed by atoms with van der Waals surface area (Å²) < 4.78 is 10.5. The highest BCUT2D eigenvalue weighted by Crippen LogP contribution is 2.38. The van der Waals surface area contributed by atoms with Crippen molar-refractivity contribution < 1.29 is 14.3 Å². The zero-order valence-corrected chi connectivity index (χ0v) is 19.0. The molecule has 1 aromatic carbocycles. The molecule has 1 saturated heterocycles. The lowest BCUT2D eigenvalue weighted by Gasteiger charge is -2.41. The molecule has 4 rings (SSSR count). The van der Waals surface area contributed by atoms with E-state index in [-0.39, 0.29) is 18.1 Å². The normalized spacial score (nSPS) is 16.8. The Morgan fingerprint density at radius 2 is 1.84 bits per heavy atom. The van der Waals surface area contributed by atoms with Gasteiger partial charge in [-0.25, -0.2) is 9.78 Å². The van der Waals surface area contributed by atoms with Crippen LogP contribution in [0.2, 0.25) is 0 Å². The third kappa shape index (κ3) is 7.38. The van der Waals surface area contributed by atoms with Crippen LogP contribution in [-0.4, -0.2) is 55.4 Å². The number of methoxy groups -OCH3 is 1. The first-order valence-corrected chi connectivity index (χ1v) is 11.4. The topological polar surface area (TPSA) is 63.7 Å². The molecule has 1 aliphatic carbocycles. The van der Waals surface area contributed by atoms with Crippen LogP contribution in [0.15, 0.2) is 67.4 Å². The fraction of sp³-hybridized carbons (Fsp3) is 0.462. The quantitative estimate of drug-likeness (QED) is 0.617. The van der Waals surface area contributed by atoms with Gasteiger partial charge in [-0.2, -0.15) is 0 Å². The molecule has 1 saturated carbocycles. The third-order valence-electron chi connectivity index (χ3n) is 5.97. The second kappa shape index (κ2) is 12.2. The summed E-state index contributed by atoms with van der Waals surface area (Å²) in [5.74, 6) is 0.626. The summed E-state index contributed by atoms with van der Waals surface area (Å²) in [6, 6.07) is 16.3. The molecule has 0 unspecified atom stereocenters. The van der Waals surface area contributed by atoms with Gasteiger partial charge in [0.05, 0.1) is 7.11 Å². The Balaban J connectivity index is 0.000000416. The van der Waals surface area contributed by atoms with Gasteiger partial charge in [-0.15, -0.1) is 0 Å². The van der Waals surface area contributed by atoms with E-state index in [2.05, 4.69) is 22.9 Å². The first-order valence-electron chi connectivity index (χ1n) is 11.4. The molecule has 1 amide bonds. The Morgan fingerprint density at radius 1 is 1.19 bits per heavy atom. The van der Waals surface area contributed by atoms with Crippen molar-refractivity contribution in [3.63, 3.8) is 0 Å². The van der Waals surface area contributed by atoms with Gasteiger partial charge < -0.3 is 19.7 Å². The summed E-state index contributed by atoms with van der Waals surface area (Å²) in [4.78, 5) is 18.8. The second-order valence-corrected chi connectivity index (χ2v) is 8.51. The lowest BCUT2D eigenvalue weighted by atomic mass is 9.74. The Labute approximate surface area is 191 Å². The van der Waals surface area contributed by atoms with E-state index >= 15 is 0 Å². The molecule has 2 aromatic rings. The highest BCUT2D eigenvalue weighted by molar-refractivity contribution is 5.68. The lowest BCUT2D eigenvalue weighted by Crippen LogP contribution is -2.48. The van der Waals surface area contributed by atoms with Crippen molar-refractivity contribution in [3.05, 3.63) is 72.9 Å². The van der Waals surface area contributed by atoms with Crippen molar-refractivity contribution in [2.24, 2.45) is 5.41 Å². The molecule has 1 aliphatic heterocycles. The Kier molecular flexibility index (Phi) is 9.11. The van der Waals surface area contributed by atoms with Crippen LogP contribution in [0.1, 0.15) is 31.2 Å². The van der Waals surface area contributed by atoms with Crippen LogP contribution >= 0.6 is 0 Å². The van der Waals surface area contributed by atoms with Gasteiger partial charge in [0.2, 0.25) is 5.88 Å². The summed E-state index contributed by atoms with van der Waals surface area (Å²) >= 11 is 0. The van der Waals surface area contributed by atoms with Crippen LogP contribution in [0.5, 0.6) is 5.88 Å². The Morgan fingerprint density at radius 3 is 2.34 bits per heavy atom. The van der Waals surface area contributed by atoms with Crippen LogP contribution in [-0.2, 0) is 11.2 Å². The molecule has 1 N–H and O–H groups in total. The summed E-state index contributed by atoms with van der Waals surface area (Å²) in [6.45, 7) is 6.58. The van der Waals surface area contributed by atoms with Crippen molar-refractivity contribution in [3.8, 4) is 5.88 Å². The van der Waals surface area contributed by atoms with E-state index in [1.165, 1.54) is 5.56 Å². The van der Waals surface area contributed by atoms with E-state index in [9.17, 15) is 4.79 Å². The minimum absolute atomic E-state index is 0.0529. The van der Waals surface area contributed by atoms with Crippen LogP contribution in [0.3, 0.4) is 0 Å². The van der Waals surface area contributed by atoms with Crippen molar-refractivity contribution in [2.75, 3.05) is 33.4 Å². The van der Waals surface area contributed by atoms with Gasteiger partial charge in [-0.3, -0.25) is 0 Å². The fourth-order valence-corrected chi connectivity index (χ4v) is 4.11. The molecule has 0 spiro atoms. The summed E-state index contributed by atoms with van der Waals surface area (Å²) in [5.41, 5.74) is 1.24. The molecule has 0 atom stereocenters. The molecule has 2 fully saturated rings. The maximum atomic E-state index is 12.5. The van der Waals surface area contributed by atoms with E-state index in [1.807, 2.05) is 53.6 Å². The van der Waals surface area contributed by atoms with E-state index < -0.39 is 0 Å². The summed E-state index contributed by atoms with van der Waals surface area (Å²) in [7, 11) is 1.62. The third-order valence-corrected chi connectivity index (χ3v) is 5.97. The second-order valence-electron chi connectivity index (χ2n) is 8.51.